The molecule has 0 aliphatic carbocycles. The highest BCUT2D eigenvalue weighted by Crippen LogP contribution is 2.11. The van der Waals surface area contributed by atoms with Crippen LogP contribution in [0.2, 0.25) is 0 Å². The van der Waals surface area contributed by atoms with E-state index in [-0.39, 0.29) is 12.6 Å². The van der Waals surface area contributed by atoms with Crippen molar-refractivity contribution in [1.82, 2.24) is 10.3 Å². The molecule has 1 heterocycles. The predicted octanol–water partition coefficient (Wildman–Crippen LogP) is 1.31. The Labute approximate surface area is 82.8 Å². The Morgan fingerprint density at radius 3 is 2.92 bits per heavy atom. The first kappa shape index (κ1) is 10.6. The van der Waals surface area contributed by atoms with Crippen LogP contribution in [0.1, 0.15) is 23.9 Å². The predicted molar refractivity (Wildman–Crippen MR) is 54.9 cm³/mol. The summed E-state index contributed by atoms with van der Waals surface area (Å²) >= 11 is 1.66. The Bertz CT molecular complexity index is 246. The van der Waals surface area contributed by atoms with Gasteiger partial charge in [0.15, 0.2) is 0 Å². The zero-order valence-corrected chi connectivity index (χ0v) is 8.90. The van der Waals surface area contributed by atoms with Gasteiger partial charge in [-0.3, -0.25) is 0 Å². The van der Waals surface area contributed by atoms with Crippen LogP contribution in [0.3, 0.4) is 0 Å². The van der Waals surface area contributed by atoms with Gasteiger partial charge in [0.25, 0.3) is 0 Å². The number of aliphatic hydroxyl groups excluding tert-OH is 1. The number of nitrogens with one attached hydrogen (secondary N) is 1. The summed E-state index contributed by atoms with van der Waals surface area (Å²) in [5.41, 5.74) is 2.94. The lowest BCUT2D eigenvalue weighted by Gasteiger charge is -2.12. The molecular formula is C9H16N2OS. The fourth-order valence-electron chi connectivity index (χ4n) is 1.07. The molecule has 0 radical (unpaired) electrons. The number of aryl methyl sites for hydroxylation is 1. The highest BCUT2D eigenvalue weighted by Gasteiger charge is 2.05. The summed E-state index contributed by atoms with van der Waals surface area (Å²) in [6, 6.07) is 0.210. The van der Waals surface area contributed by atoms with Crippen molar-refractivity contribution >= 4 is 11.3 Å². The van der Waals surface area contributed by atoms with Gasteiger partial charge >= 0.3 is 0 Å². The van der Waals surface area contributed by atoms with Gasteiger partial charge in [-0.1, -0.05) is 6.92 Å². The van der Waals surface area contributed by atoms with Gasteiger partial charge in [0.1, 0.15) is 0 Å². The van der Waals surface area contributed by atoms with Crippen LogP contribution in [-0.4, -0.2) is 22.7 Å². The summed E-state index contributed by atoms with van der Waals surface area (Å²) in [4.78, 5) is 5.42. The first-order valence-corrected chi connectivity index (χ1v) is 5.39. The SMILES string of the molecule is CCC(CO)NCc1scnc1C. The van der Waals surface area contributed by atoms with Gasteiger partial charge in [-0.25, -0.2) is 4.98 Å². The van der Waals surface area contributed by atoms with Crippen LogP contribution in [0.25, 0.3) is 0 Å². The average molecular weight is 200 g/mol. The molecule has 0 amide bonds. The molecule has 1 rings (SSSR count). The number of hydrogen-bond acceptors (Lipinski definition) is 4. The molecule has 0 spiro atoms. The third kappa shape index (κ3) is 3.06. The third-order valence-electron chi connectivity index (χ3n) is 2.11. The summed E-state index contributed by atoms with van der Waals surface area (Å²) in [6.07, 6.45) is 0.953. The summed E-state index contributed by atoms with van der Waals surface area (Å²) in [5.74, 6) is 0. The highest BCUT2D eigenvalue weighted by atomic mass is 32.1. The minimum atomic E-state index is 0.203. The summed E-state index contributed by atoms with van der Waals surface area (Å²) in [7, 11) is 0. The Morgan fingerprint density at radius 2 is 2.46 bits per heavy atom. The molecule has 2 N–H and O–H groups in total. The van der Waals surface area contributed by atoms with Crippen LogP contribution in [0.4, 0.5) is 0 Å². The zero-order chi connectivity index (χ0) is 9.68. The second-order valence-corrected chi connectivity index (χ2v) is 3.97. The number of thiazole rings is 1. The van der Waals surface area contributed by atoms with Crippen molar-refractivity contribution in [2.24, 2.45) is 0 Å². The van der Waals surface area contributed by atoms with E-state index in [0.29, 0.717) is 0 Å². The Kier molecular flexibility index (Phi) is 4.35. The first-order valence-electron chi connectivity index (χ1n) is 4.51. The number of nitrogens with zero attached hydrogens (tertiary/aromatic N) is 1. The van der Waals surface area contributed by atoms with Crippen LogP contribution in [0, 0.1) is 6.92 Å². The molecule has 0 aliphatic rings. The van der Waals surface area contributed by atoms with E-state index in [9.17, 15) is 0 Å². The number of aromatic nitrogens is 1. The standard InChI is InChI=1S/C9H16N2OS/c1-3-8(5-12)10-4-9-7(2)11-6-13-9/h6,8,10,12H,3-5H2,1-2H3. The van der Waals surface area contributed by atoms with E-state index in [1.54, 1.807) is 11.3 Å². The van der Waals surface area contributed by atoms with Crippen LogP contribution < -0.4 is 5.32 Å². The molecule has 4 heteroatoms. The monoisotopic (exact) mass is 200 g/mol. The molecule has 0 saturated carbocycles. The molecule has 74 valence electrons. The smallest absolute Gasteiger partial charge is 0.0798 e. The van der Waals surface area contributed by atoms with E-state index in [0.717, 1.165) is 18.7 Å². The van der Waals surface area contributed by atoms with Crippen molar-refractivity contribution < 1.29 is 5.11 Å². The van der Waals surface area contributed by atoms with Gasteiger partial charge in [-0.15, -0.1) is 11.3 Å². The van der Waals surface area contributed by atoms with Crippen molar-refractivity contribution in [3.63, 3.8) is 0 Å². The van der Waals surface area contributed by atoms with Gasteiger partial charge in [-0.05, 0) is 13.3 Å². The van der Waals surface area contributed by atoms with Crippen molar-refractivity contribution in [1.29, 1.82) is 0 Å². The lowest BCUT2D eigenvalue weighted by molar-refractivity contribution is 0.238. The topological polar surface area (TPSA) is 45.1 Å². The van der Waals surface area contributed by atoms with Gasteiger partial charge in [0.05, 0.1) is 17.8 Å². The Morgan fingerprint density at radius 1 is 1.69 bits per heavy atom. The van der Waals surface area contributed by atoms with Crippen molar-refractivity contribution in [3.8, 4) is 0 Å². The van der Waals surface area contributed by atoms with E-state index in [1.807, 2.05) is 12.4 Å². The van der Waals surface area contributed by atoms with Crippen LogP contribution >= 0.6 is 11.3 Å². The lowest BCUT2D eigenvalue weighted by Crippen LogP contribution is -2.31. The maximum Gasteiger partial charge on any atom is 0.0798 e. The van der Waals surface area contributed by atoms with Crippen LogP contribution in [0.15, 0.2) is 5.51 Å². The van der Waals surface area contributed by atoms with Gasteiger partial charge < -0.3 is 10.4 Å². The maximum absolute atomic E-state index is 8.95. The van der Waals surface area contributed by atoms with E-state index in [4.69, 9.17) is 5.11 Å². The number of rotatable bonds is 5. The number of aliphatic hydroxyl groups is 1. The largest absolute Gasteiger partial charge is 0.395 e. The van der Waals surface area contributed by atoms with E-state index < -0.39 is 0 Å². The molecule has 1 unspecified atom stereocenters. The van der Waals surface area contributed by atoms with Gasteiger partial charge in [0, 0.05) is 17.5 Å². The third-order valence-corrected chi connectivity index (χ3v) is 3.04. The molecule has 0 bridgehead atoms. The second kappa shape index (κ2) is 5.32. The Balaban J connectivity index is 2.38. The maximum atomic E-state index is 8.95. The van der Waals surface area contributed by atoms with Crippen molar-refractivity contribution in [2.45, 2.75) is 32.9 Å². The quantitative estimate of drug-likeness (QED) is 0.753. The summed E-state index contributed by atoms with van der Waals surface area (Å²) < 4.78 is 0. The minimum Gasteiger partial charge on any atom is -0.395 e. The fourth-order valence-corrected chi connectivity index (χ4v) is 1.80. The Hall–Kier alpha value is -0.450. The normalized spacial score (nSPS) is 13.2. The first-order chi connectivity index (χ1) is 6.27. The molecule has 0 fully saturated rings. The molecule has 1 aromatic heterocycles. The van der Waals surface area contributed by atoms with E-state index in [1.165, 1.54) is 4.88 Å². The number of hydrogen-bond donors (Lipinski definition) is 2. The molecule has 1 atom stereocenters. The van der Waals surface area contributed by atoms with E-state index >= 15 is 0 Å². The minimum absolute atomic E-state index is 0.203. The van der Waals surface area contributed by atoms with Crippen LogP contribution in [0.5, 0.6) is 0 Å². The average Bonchev–Trinajstić information content (AvgIpc) is 2.54. The van der Waals surface area contributed by atoms with Gasteiger partial charge in [-0.2, -0.15) is 0 Å². The lowest BCUT2D eigenvalue weighted by atomic mass is 10.2. The van der Waals surface area contributed by atoms with Crippen molar-refractivity contribution in [2.75, 3.05) is 6.61 Å². The second-order valence-electron chi connectivity index (χ2n) is 3.03. The van der Waals surface area contributed by atoms with Crippen LogP contribution in [-0.2, 0) is 6.54 Å². The summed E-state index contributed by atoms with van der Waals surface area (Å²) in [5, 5.41) is 12.2. The molecule has 0 aliphatic heterocycles. The van der Waals surface area contributed by atoms with Gasteiger partial charge in [0.2, 0.25) is 0 Å². The van der Waals surface area contributed by atoms with Crippen molar-refractivity contribution in [3.05, 3.63) is 16.1 Å². The molecule has 3 nitrogen and oxygen atoms in total. The molecule has 0 aromatic carbocycles. The molecule has 13 heavy (non-hydrogen) atoms. The summed E-state index contributed by atoms with van der Waals surface area (Å²) in [6.45, 7) is 5.09. The highest BCUT2D eigenvalue weighted by molar-refractivity contribution is 7.09. The fraction of sp³-hybridized carbons (Fsp3) is 0.667. The molecule has 0 saturated heterocycles. The molecule has 1 aromatic rings. The zero-order valence-electron chi connectivity index (χ0n) is 8.08. The molecular weight excluding hydrogens is 184 g/mol. The van der Waals surface area contributed by atoms with E-state index in [2.05, 4.69) is 17.2 Å².